The molecular formula is C14H20N4O4. The van der Waals surface area contributed by atoms with E-state index in [-0.39, 0.29) is 11.8 Å². The second kappa shape index (κ2) is 5.78. The lowest BCUT2D eigenvalue weighted by molar-refractivity contribution is -0.385. The Bertz CT molecular complexity index is 627. The van der Waals surface area contributed by atoms with Crippen LogP contribution in [0.4, 0.5) is 10.5 Å². The van der Waals surface area contributed by atoms with Crippen molar-refractivity contribution in [2.75, 3.05) is 13.1 Å². The van der Waals surface area contributed by atoms with E-state index >= 15 is 0 Å². The van der Waals surface area contributed by atoms with E-state index in [1.54, 1.807) is 11.9 Å². The number of amides is 1. The summed E-state index contributed by atoms with van der Waals surface area (Å²) < 4.78 is 6.81. The number of hydrogen-bond acceptors (Lipinski definition) is 5. The van der Waals surface area contributed by atoms with Gasteiger partial charge in [-0.1, -0.05) is 6.08 Å². The van der Waals surface area contributed by atoms with Crippen molar-refractivity contribution in [2.45, 2.75) is 32.8 Å². The molecule has 8 heteroatoms. The molecule has 0 atom stereocenters. The first-order valence-corrected chi connectivity index (χ1v) is 7.03. The number of aryl methyl sites for hydroxylation is 1. The molecule has 0 saturated heterocycles. The van der Waals surface area contributed by atoms with Crippen molar-refractivity contribution in [3.8, 4) is 0 Å². The predicted molar refractivity (Wildman–Crippen MR) is 80.3 cm³/mol. The highest BCUT2D eigenvalue weighted by atomic mass is 16.6. The van der Waals surface area contributed by atoms with Gasteiger partial charge in [-0.2, -0.15) is 5.10 Å². The summed E-state index contributed by atoms with van der Waals surface area (Å²) in [7, 11) is 1.67. The Hall–Kier alpha value is -2.38. The Morgan fingerprint density at radius 2 is 2.14 bits per heavy atom. The number of nitrogens with zero attached hydrogens (tertiary/aromatic N) is 4. The van der Waals surface area contributed by atoms with Gasteiger partial charge in [0.15, 0.2) is 0 Å². The quantitative estimate of drug-likeness (QED) is 0.618. The molecule has 120 valence electrons. The van der Waals surface area contributed by atoms with Gasteiger partial charge in [-0.05, 0) is 32.8 Å². The fourth-order valence-corrected chi connectivity index (χ4v) is 2.31. The van der Waals surface area contributed by atoms with Crippen molar-refractivity contribution in [1.29, 1.82) is 0 Å². The van der Waals surface area contributed by atoms with Crippen LogP contribution in [0.2, 0.25) is 0 Å². The van der Waals surface area contributed by atoms with E-state index in [1.807, 2.05) is 26.8 Å². The van der Waals surface area contributed by atoms with Gasteiger partial charge in [-0.3, -0.25) is 14.8 Å². The van der Waals surface area contributed by atoms with Gasteiger partial charge in [0, 0.05) is 20.1 Å². The van der Waals surface area contributed by atoms with Gasteiger partial charge >= 0.3 is 11.8 Å². The third-order valence-electron chi connectivity index (χ3n) is 3.28. The van der Waals surface area contributed by atoms with Crippen molar-refractivity contribution in [3.63, 3.8) is 0 Å². The maximum Gasteiger partial charge on any atom is 0.410 e. The molecule has 0 N–H and O–H groups in total. The van der Waals surface area contributed by atoms with Crippen molar-refractivity contribution in [3.05, 3.63) is 28.1 Å². The minimum absolute atomic E-state index is 0.0144. The van der Waals surface area contributed by atoms with Crippen LogP contribution < -0.4 is 0 Å². The van der Waals surface area contributed by atoms with Gasteiger partial charge in [-0.25, -0.2) is 4.79 Å². The van der Waals surface area contributed by atoms with Crippen LogP contribution in [0.15, 0.2) is 12.3 Å². The van der Waals surface area contributed by atoms with Crippen molar-refractivity contribution in [1.82, 2.24) is 14.7 Å². The molecular weight excluding hydrogens is 288 g/mol. The zero-order valence-corrected chi connectivity index (χ0v) is 13.2. The number of carbonyl (C=O) groups excluding carboxylic acids is 1. The third kappa shape index (κ3) is 3.44. The van der Waals surface area contributed by atoms with Crippen LogP contribution in [0.5, 0.6) is 0 Å². The molecule has 1 aliphatic heterocycles. The monoisotopic (exact) mass is 308 g/mol. The standard InChI is InChI=1S/C14H20N4O4/c1-14(2,3)22-13(19)17-7-5-10(6-8-17)12-11(18(20)21)9-15-16(12)4/h5,9H,6-8H2,1-4H3. The lowest BCUT2D eigenvalue weighted by atomic mass is 10.0. The molecule has 0 aliphatic carbocycles. The van der Waals surface area contributed by atoms with Crippen molar-refractivity contribution < 1.29 is 14.5 Å². The van der Waals surface area contributed by atoms with Crippen molar-refractivity contribution >= 4 is 17.4 Å². The van der Waals surface area contributed by atoms with Gasteiger partial charge in [0.2, 0.25) is 0 Å². The van der Waals surface area contributed by atoms with Crippen LogP contribution >= 0.6 is 0 Å². The molecule has 1 aromatic rings. The van der Waals surface area contributed by atoms with Crippen LogP contribution in [-0.4, -0.2) is 44.4 Å². The Kier molecular flexibility index (Phi) is 4.20. The molecule has 0 aromatic carbocycles. The van der Waals surface area contributed by atoms with Crippen molar-refractivity contribution in [2.24, 2.45) is 7.05 Å². The summed E-state index contributed by atoms with van der Waals surface area (Å²) >= 11 is 0. The Balaban J connectivity index is 2.14. The van der Waals surface area contributed by atoms with Crippen LogP contribution in [0.3, 0.4) is 0 Å². The highest BCUT2D eigenvalue weighted by Gasteiger charge is 2.28. The fourth-order valence-electron chi connectivity index (χ4n) is 2.31. The number of aromatic nitrogens is 2. The molecule has 0 fully saturated rings. The van der Waals surface area contributed by atoms with Crippen LogP contribution in [0.1, 0.15) is 32.9 Å². The van der Waals surface area contributed by atoms with E-state index in [0.29, 0.717) is 25.2 Å². The van der Waals surface area contributed by atoms with E-state index in [2.05, 4.69) is 5.10 Å². The summed E-state index contributed by atoms with van der Waals surface area (Å²) in [6, 6.07) is 0. The van der Waals surface area contributed by atoms with E-state index < -0.39 is 10.5 Å². The molecule has 8 nitrogen and oxygen atoms in total. The largest absolute Gasteiger partial charge is 0.444 e. The molecule has 0 saturated carbocycles. The van der Waals surface area contributed by atoms with Gasteiger partial charge < -0.3 is 9.64 Å². The molecule has 2 heterocycles. The Morgan fingerprint density at radius 3 is 2.64 bits per heavy atom. The molecule has 1 amide bonds. The third-order valence-corrected chi connectivity index (χ3v) is 3.28. The maximum absolute atomic E-state index is 12.0. The molecule has 0 radical (unpaired) electrons. The first kappa shape index (κ1) is 16.0. The number of rotatable bonds is 2. The number of carbonyl (C=O) groups is 1. The number of hydrogen-bond donors (Lipinski definition) is 0. The average molecular weight is 308 g/mol. The summed E-state index contributed by atoms with van der Waals surface area (Å²) in [5, 5.41) is 15.0. The first-order chi connectivity index (χ1) is 10.2. The summed E-state index contributed by atoms with van der Waals surface area (Å²) in [4.78, 5) is 24.2. The first-order valence-electron chi connectivity index (χ1n) is 7.03. The lowest BCUT2D eigenvalue weighted by Gasteiger charge is -2.29. The summed E-state index contributed by atoms with van der Waals surface area (Å²) in [6.45, 7) is 6.27. The molecule has 0 bridgehead atoms. The topological polar surface area (TPSA) is 90.5 Å². The number of ether oxygens (including phenoxy) is 1. The van der Waals surface area contributed by atoms with Gasteiger partial charge in [-0.15, -0.1) is 0 Å². The number of nitro groups is 1. The minimum atomic E-state index is -0.540. The van der Waals surface area contributed by atoms with E-state index in [0.717, 1.165) is 5.57 Å². The normalized spacial score (nSPS) is 15.5. The molecule has 2 rings (SSSR count). The summed E-state index contributed by atoms with van der Waals surface area (Å²) in [5.41, 5.74) is 0.766. The van der Waals surface area contributed by atoms with Gasteiger partial charge in [0.1, 0.15) is 17.5 Å². The van der Waals surface area contributed by atoms with Crippen LogP contribution in [0.25, 0.3) is 5.57 Å². The molecule has 22 heavy (non-hydrogen) atoms. The molecule has 0 spiro atoms. The average Bonchev–Trinajstić information content (AvgIpc) is 2.79. The minimum Gasteiger partial charge on any atom is -0.444 e. The molecule has 1 aliphatic rings. The Morgan fingerprint density at radius 1 is 1.45 bits per heavy atom. The molecule has 0 unspecified atom stereocenters. The second-order valence-electron chi connectivity index (χ2n) is 6.16. The van der Waals surface area contributed by atoms with Crippen LogP contribution in [0, 0.1) is 10.1 Å². The van der Waals surface area contributed by atoms with E-state index in [9.17, 15) is 14.9 Å². The smallest absolute Gasteiger partial charge is 0.410 e. The van der Waals surface area contributed by atoms with E-state index in [4.69, 9.17) is 4.74 Å². The van der Waals surface area contributed by atoms with Crippen LogP contribution in [-0.2, 0) is 11.8 Å². The second-order valence-corrected chi connectivity index (χ2v) is 6.16. The van der Waals surface area contributed by atoms with Gasteiger partial charge in [0.05, 0.1) is 4.92 Å². The lowest BCUT2D eigenvalue weighted by Crippen LogP contribution is -2.39. The highest BCUT2D eigenvalue weighted by Crippen LogP contribution is 2.29. The SMILES string of the molecule is Cn1ncc([N+](=O)[O-])c1C1=CCN(C(=O)OC(C)(C)C)CC1. The predicted octanol–water partition coefficient (Wildman–Crippen LogP) is 2.35. The zero-order valence-electron chi connectivity index (χ0n) is 13.2. The maximum atomic E-state index is 12.0. The van der Waals surface area contributed by atoms with Gasteiger partial charge in [0.25, 0.3) is 0 Å². The molecule has 1 aromatic heterocycles. The zero-order chi connectivity index (χ0) is 16.5. The Labute approximate surface area is 128 Å². The summed E-state index contributed by atoms with van der Waals surface area (Å²) in [5.74, 6) is 0. The summed E-state index contributed by atoms with van der Waals surface area (Å²) in [6.07, 6.45) is 3.22. The highest BCUT2D eigenvalue weighted by molar-refractivity contribution is 5.74. The fraction of sp³-hybridized carbons (Fsp3) is 0.571. The van der Waals surface area contributed by atoms with E-state index in [1.165, 1.54) is 10.9 Å².